The van der Waals surface area contributed by atoms with Gasteiger partial charge < -0.3 is 10.0 Å². The Balaban J connectivity index is 1.72. The molecule has 2 atom stereocenters. The molecule has 1 saturated heterocycles. The average Bonchev–Trinajstić information content (AvgIpc) is 3.03. The number of nitrogens with one attached hydrogen (secondary N) is 1. The molecule has 2 aromatic rings. The van der Waals surface area contributed by atoms with Crippen molar-refractivity contribution in [2.75, 3.05) is 33.8 Å². The molecule has 1 aliphatic rings. The van der Waals surface area contributed by atoms with Crippen molar-refractivity contribution in [3.05, 3.63) is 42.1 Å². The Hall–Kier alpha value is -1.69. The lowest BCUT2D eigenvalue weighted by atomic mass is 9.91. The van der Waals surface area contributed by atoms with Gasteiger partial charge in [0.05, 0.1) is 11.9 Å². The van der Waals surface area contributed by atoms with E-state index in [4.69, 9.17) is 0 Å². The van der Waals surface area contributed by atoms with Crippen LogP contribution in [-0.4, -0.2) is 64.9 Å². The highest BCUT2D eigenvalue weighted by Crippen LogP contribution is 2.25. The van der Waals surface area contributed by atoms with Gasteiger partial charge in [-0.25, -0.2) is 0 Å². The molecule has 0 saturated carbocycles. The molecule has 0 bridgehead atoms. The summed E-state index contributed by atoms with van der Waals surface area (Å²) in [6.07, 6.45) is 2.98. The minimum absolute atomic E-state index is 0.275. The Morgan fingerprint density at radius 1 is 1.30 bits per heavy atom. The first-order valence-corrected chi connectivity index (χ1v) is 8.26. The Morgan fingerprint density at radius 3 is 2.78 bits per heavy atom. The summed E-state index contributed by atoms with van der Waals surface area (Å²) in [4.78, 5) is 4.70. The number of likely N-dealkylation sites (tertiary alicyclic amines) is 1. The molecule has 0 unspecified atom stereocenters. The summed E-state index contributed by atoms with van der Waals surface area (Å²) in [6.45, 7) is 3.17. The Bertz CT molecular complexity index is 610. The van der Waals surface area contributed by atoms with Gasteiger partial charge in [0.2, 0.25) is 0 Å². The molecule has 1 aromatic carbocycles. The van der Waals surface area contributed by atoms with Gasteiger partial charge in [0.15, 0.2) is 0 Å². The second kappa shape index (κ2) is 7.25. The predicted octanol–water partition coefficient (Wildman–Crippen LogP) is 1.82. The molecule has 3 rings (SSSR count). The van der Waals surface area contributed by atoms with E-state index in [1.807, 2.05) is 12.3 Å². The van der Waals surface area contributed by atoms with Crippen molar-refractivity contribution < 1.29 is 5.11 Å². The highest BCUT2D eigenvalue weighted by molar-refractivity contribution is 5.62. The second-order valence-electron chi connectivity index (χ2n) is 6.63. The van der Waals surface area contributed by atoms with E-state index in [1.165, 1.54) is 11.1 Å². The van der Waals surface area contributed by atoms with Gasteiger partial charge >= 0.3 is 0 Å². The van der Waals surface area contributed by atoms with Crippen molar-refractivity contribution in [3.8, 4) is 11.3 Å². The highest BCUT2D eigenvalue weighted by Gasteiger charge is 2.30. The number of hydrogen-bond donors (Lipinski definition) is 2. The number of aliphatic hydroxyl groups is 1. The van der Waals surface area contributed by atoms with E-state index in [1.54, 1.807) is 0 Å². The average molecular weight is 314 g/mol. The molecule has 0 spiro atoms. The fraction of sp³-hybridized carbons (Fsp3) is 0.500. The van der Waals surface area contributed by atoms with Crippen LogP contribution in [0.15, 0.2) is 36.5 Å². The number of aromatic amines is 1. The number of likely N-dealkylation sites (N-methyl/N-ethyl adjacent to an activating group) is 1. The van der Waals surface area contributed by atoms with Crippen LogP contribution in [0.25, 0.3) is 11.3 Å². The Morgan fingerprint density at radius 2 is 2.09 bits per heavy atom. The van der Waals surface area contributed by atoms with Crippen molar-refractivity contribution in [1.82, 2.24) is 20.0 Å². The van der Waals surface area contributed by atoms with Crippen LogP contribution in [0.3, 0.4) is 0 Å². The lowest BCUT2D eigenvalue weighted by Crippen LogP contribution is -2.51. The van der Waals surface area contributed by atoms with Crippen LogP contribution in [0.5, 0.6) is 0 Å². The number of nitrogens with zero attached hydrogens (tertiary/aromatic N) is 3. The number of piperidine rings is 1. The minimum Gasteiger partial charge on any atom is -0.396 e. The summed E-state index contributed by atoms with van der Waals surface area (Å²) in [7, 11) is 4.20. The van der Waals surface area contributed by atoms with Gasteiger partial charge in [0.25, 0.3) is 0 Å². The zero-order chi connectivity index (χ0) is 16.2. The molecule has 0 amide bonds. The maximum atomic E-state index is 9.59. The quantitative estimate of drug-likeness (QED) is 0.884. The third kappa shape index (κ3) is 3.63. The normalized spacial score (nSPS) is 22.6. The number of rotatable bonds is 5. The molecule has 1 aliphatic heterocycles. The van der Waals surface area contributed by atoms with Crippen LogP contribution >= 0.6 is 0 Å². The highest BCUT2D eigenvalue weighted by atomic mass is 16.3. The van der Waals surface area contributed by atoms with E-state index >= 15 is 0 Å². The molecular weight excluding hydrogens is 288 g/mol. The molecule has 5 nitrogen and oxygen atoms in total. The lowest BCUT2D eigenvalue weighted by molar-refractivity contribution is 0.0461. The van der Waals surface area contributed by atoms with E-state index in [2.05, 4.69) is 58.4 Å². The molecular formula is C18H26N4O. The smallest absolute Gasteiger partial charge is 0.0695 e. The van der Waals surface area contributed by atoms with E-state index in [0.29, 0.717) is 12.0 Å². The Kier molecular flexibility index (Phi) is 5.10. The summed E-state index contributed by atoms with van der Waals surface area (Å²) < 4.78 is 0. The summed E-state index contributed by atoms with van der Waals surface area (Å²) in [5.74, 6) is 0.374. The SMILES string of the molecule is CN(C)[C@@H]1CN(Cc2cn[nH]c2-c2ccccc2)CC[C@@H]1CO. The van der Waals surface area contributed by atoms with Crippen LogP contribution in [-0.2, 0) is 6.54 Å². The zero-order valence-corrected chi connectivity index (χ0v) is 13.9. The maximum absolute atomic E-state index is 9.59. The molecule has 2 heterocycles. The number of aromatic nitrogens is 2. The monoisotopic (exact) mass is 314 g/mol. The first-order chi connectivity index (χ1) is 11.2. The molecule has 5 heteroatoms. The summed E-state index contributed by atoms with van der Waals surface area (Å²) in [5, 5.41) is 17.0. The molecule has 1 aromatic heterocycles. The van der Waals surface area contributed by atoms with E-state index < -0.39 is 0 Å². The van der Waals surface area contributed by atoms with E-state index in [0.717, 1.165) is 31.7 Å². The fourth-order valence-corrected chi connectivity index (χ4v) is 3.51. The predicted molar refractivity (Wildman–Crippen MR) is 92.0 cm³/mol. The number of H-pyrrole nitrogens is 1. The van der Waals surface area contributed by atoms with Crippen molar-refractivity contribution in [2.24, 2.45) is 5.92 Å². The first kappa shape index (κ1) is 16.2. The van der Waals surface area contributed by atoms with Crippen molar-refractivity contribution >= 4 is 0 Å². The second-order valence-corrected chi connectivity index (χ2v) is 6.63. The van der Waals surface area contributed by atoms with Gasteiger partial charge in [0.1, 0.15) is 0 Å². The van der Waals surface area contributed by atoms with Gasteiger partial charge in [-0.1, -0.05) is 30.3 Å². The van der Waals surface area contributed by atoms with Crippen LogP contribution in [0, 0.1) is 5.92 Å². The van der Waals surface area contributed by atoms with Crippen LogP contribution < -0.4 is 0 Å². The van der Waals surface area contributed by atoms with Crippen LogP contribution in [0.1, 0.15) is 12.0 Å². The van der Waals surface area contributed by atoms with E-state index in [9.17, 15) is 5.11 Å². The molecule has 124 valence electrons. The van der Waals surface area contributed by atoms with Crippen LogP contribution in [0.2, 0.25) is 0 Å². The van der Waals surface area contributed by atoms with Gasteiger partial charge in [-0.3, -0.25) is 10.00 Å². The maximum Gasteiger partial charge on any atom is 0.0695 e. The summed E-state index contributed by atoms with van der Waals surface area (Å²) >= 11 is 0. The molecule has 1 fully saturated rings. The third-order valence-corrected chi connectivity index (χ3v) is 4.88. The van der Waals surface area contributed by atoms with Gasteiger partial charge in [-0.05, 0) is 38.5 Å². The van der Waals surface area contributed by atoms with Gasteiger partial charge in [-0.15, -0.1) is 0 Å². The van der Waals surface area contributed by atoms with Crippen molar-refractivity contribution in [1.29, 1.82) is 0 Å². The number of aliphatic hydroxyl groups excluding tert-OH is 1. The van der Waals surface area contributed by atoms with Crippen molar-refractivity contribution in [2.45, 2.75) is 19.0 Å². The van der Waals surface area contributed by atoms with Gasteiger partial charge in [0, 0.05) is 31.3 Å². The Labute approximate surface area is 137 Å². The standard InChI is InChI=1S/C18H26N4O/c1-21(2)17-12-22(9-8-15(17)13-23)11-16-10-19-20-18(16)14-6-4-3-5-7-14/h3-7,10,15,17,23H,8-9,11-13H2,1-2H3,(H,19,20)/t15-,17-/m1/s1. The third-order valence-electron chi connectivity index (χ3n) is 4.88. The minimum atomic E-state index is 0.275. The number of hydrogen-bond acceptors (Lipinski definition) is 4. The van der Waals surface area contributed by atoms with E-state index in [-0.39, 0.29) is 6.61 Å². The number of benzene rings is 1. The van der Waals surface area contributed by atoms with Gasteiger partial charge in [-0.2, -0.15) is 5.10 Å². The first-order valence-electron chi connectivity index (χ1n) is 8.26. The largest absolute Gasteiger partial charge is 0.396 e. The summed E-state index contributed by atoms with van der Waals surface area (Å²) in [5.41, 5.74) is 3.52. The zero-order valence-electron chi connectivity index (χ0n) is 13.9. The molecule has 0 radical (unpaired) electrons. The summed E-state index contributed by atoms with van der Waals surface area (Å²) in [6, 6.07) is 10.8. The molecule has 2 N–H and O–H groups in total. The molecule has 0 aliphatic carbocycles. The fourth-order valence-electron chi connectivity index (χ4n) is 3.51. The topological polar surface area (TPSA) is 55.4 Å². The van der Waals surface area contributed by atoms with Crippen molar-refractivity contribution in [3.63, 3.8) is 0 Å². The molecule has 23 heavy (non-hydrogen) atoms. The van der Waals surface area contributed by atoms with Crippen LogP contribution in [0.4, 0.5) is 0 Å². The lowest BCUT2D eigenvalue weighted by Gasteiger charge is -2.41.